The van der Waals surface area contributed by atoms with E-state index in [1.54, 1.807) is 19.3 Å². The topological polar surface area (TPSA) is 68.5 Å². The Morgan fingerprint density at radius 2 is 1.86 bits per heavy atom. The van der Waals surface area contributed by atoms with Crippen molar-refractivity contribution in [2.75, 3.05) is 7.11 Å². The van der Waals surface area contributed by atoms with Gasteiger partial charge in [0.25, 0.3) is 5.56 Å². The lowest BCUT2D eigenvalue weighted by atomic mass is 10.1. The number of rotatable bonds is 5. The van der Waals surface area contributed by atoms with Crippen molar-refractivity contribution in [3.8, 4) is 5.75 Å². The molecule has 0 spiro atoms. The summed E-state index contributed by atoms with van der Waals surface area (Å²) in [7, 11) is 1.61. The fraction of sp³-hybridized carbons (Fsp3) is 0.125. The Bertz CT molecular complexity index is 714. The van der Waals surface area contributed by atoms with E-state index in [1.807, 2.05) is 30.3 Å². The molecule has 0 atom stereocenters. The number of aliphatic carboxylic acids is 1. The standard InChI is InChI=1S/C16H15NO4/c1-21-14-6-4-12(5-7-14)2-3-13-8-9-17(11-16(19)20)15(18)10-13/h2-10H,11H2,1H3,(H,19,20)/b3-2+. The molecule has 0 aliphatic carbocycles. The van der Waals surface area contributed by atoms with Crippen LogP contribution in [0.5, 0.6) is 5.75 Å². The van der Waals surface area contributed by atoms with Crippen LogP contribution in [-0.4, -0.2) is 22.8 Å². The number of pyridine rings is 1. The van der Waals surface area contributed by atoms with Gasteiger partial charge in [-0.3, -0.25) is 9.59 Å². The van der Waals surface area contributed by atoms with Crippen LogP contribution in [0.15, 0.2) is 47.4 Å². The number of hydrogen-bond acceptors (Lipinski definition) is 3. The minimum absolute atomic E-state index is 0.332. The van der Waals surface area contributed by atoms with Gasteiger partial charge in [-0.15, -0.1) is 0 Å². The first-order valence-electron chi connectivity index (χ1n) is 6.33. The third kappa shape index (κ3) is 4.07. The van der Waals surface area contributed by atoms with E-state index in [9.17, 15) is 9.59 Å². The van der Waals surface area contributed by atoms with E-state index < -0.39 is 5.97 Å². The number of carbonyl (C=O) groups is 1. The van der Waals surface area contributed by atoms with Crippen LogP contribution in [0.25, 0.3) is 12.2 Å². The van der Waals surface area contributed by atoms with Gasteiger partial charge in [0.15, 0.2) is 0 Å². The highest BCUT2D eigenvalue weighted by molar-refractivity contribution is 5.70. The van der Waals surface area contributed by atoms with E-state index in [0.29, 0.717) is 0 Å². The molecule has 1 N–H and O–H groups in total. The maximum Gasteiger partial charge on any atom is 0.323 e. The second-order valence-corrected chi connectivity index (χ2v) is 4.43. The average molecular weight is 285 g/mol. The molecular formula is C16H15NO4. The van der Waals surface area contributed by atoms with Crippen molar-refractivity contribution in [3.63, 3.8) is 0 Å². The zero-order valence-corrected chi connectivity index (χ0v) is 11.5. The monoisotopic (exact) mass is 285 g/mol. The van der Waals surface area contributed by atoms with Gasteiger partial charge < -0.3 is 14.4 Å². The van der Waals surface area contributed by atoms with Crippen molar-refractivity contribution in [2.24, 2.45) is 0 Å². The van der Waals surface area contributed by atoms with E-state index in [1.165, 1.54) is 12.3 Å². The van der Waals surface area contributed by atoms with Crippen molar-refractivity contribution >= 4 is 18.1 Å². The normalized spacial score (nSPS) is 10.7. The van der Waals surface area contributed by atoms with Gasteiger partial charge >= 0.3 is 5.97 Å². The molecule has 0 unspecified atom stereocenters. The molecule has 0 fully saturated rings. The van der Waals surface area contributed by atoms with Crippen LogP contribution in [0.4, 0.5) is 0 Å². The summed E-state index contributed by atoms with van der Waals surface area (Å²) >= 11 is 0. The molecule has 5 heteroatoms. The predicted molar refractivity (Wildman–Crippen MR) is 80.3 cm³/mol. The number of carboxylic acid groups (broad SMARTS) is 1. The zero-order chi connectivity index (χ0) is 15.2. The number of benzene rings is 1. The highest BCUT2D eigenvalue weighted by Gasteiger charge is 2.01. The number of ether oxygens (including phenoxy) is 1. The molecular weight excluding hydrogens is 270 g/mol. The number of methoxy groups -OCH3 is 1. The predicted octanol–water partition coefficient (Wildman–Crippen LogP) is 2.11. The van der Waals surface area contributed by atoms with Crippen LogP contribution >= 0.6 is 0 Å². The maximum atomic E-state index is 11.7. The van der Waals surface area contributed by atoms with E-state index in [2.05, 4.69) is 0 Å². The third-order valence-electron chi connectivity index (χ3n) is 2.91. The Kier molecular flexibility index (Phi) is 4.56. The van der Waals surface area contributed by atoms with E-state index >= 15 is 0 Å². The number of hydrogen-bond donors (Lipinski definition) is 1. The Hall–Kier alpha value is -2.82. The molecule has 108 valence electrons. The average Bonchev–Trinajstić information content (AvgIpc) is 2.48. The smallest absolute Gasteiger partial charge is 0.323 e. The second-order valence-electron chi connectivity index (χ2n) is 4.43. The first-order valence-corrected chi connectivity index (χ1v) is 6.33. The molecule has 0 radical (unpaired) electrons. The molecule has 0 aliphatic rings. The van der Waals surface area contributed by atoms with Gasteiger partial charge in [0.05, 0.1) is 7.11 Å². The van der Waals surface area contributed by atoms with Crippen LogP contribution < -0.4 is 10.3 Å². The lowest BCUT2D eigenvalue weighted by Gasteiger charge is -2.02. The minimum Gasteiger partial charge on any atom is -0.497 e. The van der Waals surface area contributed by atoms with Gasteiger partial charge in [-0.25, -0.2) is 0 Å². The third-order valence-corrected chi connectivity index (χ3v) is 2.91. The highest BCUT2D eigenvalue weighted by Crippen LogP contribution is 2.13. The van der Waals surface area contributed by atoms with Crippen LogP contribution in [0.2, 0.25) is 0 Å². The quantitative estimate of drug-likeness (QED) is 0.913. The zero-order valence-electron chi connectivity index (χ0n) is 11.5. The van der Waals surface area contributed by atoms with Crippen LogP contribution in [0.1, 0.15) is 11.1 Å². The molecule has 0 aliphatic heterocycles. The van der Waals surface area contributed by atoms with Gasteiger partial charge in [0, 0.05) is 12.3 Å². The molecule has 0 saturated heterocycles. The van der Waals surface area contributed by atoms with E-state index in [0.717, 1.165) is 21.4 Å². The summed E-state index contributed by atoms with van der Waals surface area (Å²) in [6, 6.07) is 10.6. The minimum atomic E-state index is -1.04. The summed E-state index contributed by atoms with van der Waals surface area (Å²) < 4.78 is 6.22. The first-order chi connectivity index (χ1) is 10.1. The van der Waals surface area contributed by atoms with Gasteiger partial charge in [0.1, 0.15) is 12.3 Å². The summed E-state index contributed by atoms with van der Waals surface area (Å²) in [6.45, 7) is -0.332. The van der Waals surface area contributed by atoms with Crippen LogP contribution in [0.3, 0.4) is 0 Å². The Balaban J connectivity index is 2.15. The summed E-state index contributed by atoms with van der Waals surface area (Å²) in [5.74, 6) is -0.262. The Morgan fingerprint density at radius 3 is 2.43 bits per heavy atom. The first kappa shape index (κ1) is 14.6. The lowest BCUT2D eigenvalue weighted by molar-refractivity contribution is -0.137. The SMILES string of the molecule is COc1ccc(/C=C/c2ccn(CC(=O)O)c(=O)c2)cc1. The summed E-state index contributed by atoms with van der Waals surface area (Å²) in [5, 5.41) is 8.67. The summed E-state index contributed by atoms with van der Waals surface area (Å²) in [5.41, 5.74) is 1.36. The van der Waals surface area contributed by atoms with E-state index in [4.69, 9.17) is 9.84 Å². The van der Waals surface area contributed by atoms with Gasteiger partial charge in [-0.1, -0.05) is 24.3 Å². The second kappa shape index (κ2) is 6.56. The molecule has 21 heavy (non-hydrogen) atoms. The molecule has 2 rings (SSSR count). The van der Waals surface area contributed by atoms with Crippen molar-refractivity contribution < 1.29 is 14.6 Å². The van der Waals surface area contributed by atoms with Crippen molar-refractivity contribution in [2.45, 2.75) is 6.54 Å². The molecule has 1 aromatic heterocycles. The number of carboxylic acids is 1. The molecule has 0 bridgehead atoms. The highest BCUT2D eigenvalue weighted by atomic mass is 16.5. The summed E-state index contributed by atoms with van der Waals surface area (Å²) in [4.78, 5) is 22.3. The molecule has 5 nitrogen and oxygen atoms in total. The molecule has 0 amide bonds. The fourth-order valence-corrected chi connectivity index (χ4v) is 1.81. The van der Waals surface area contributed by atoms with Crippen molar-refractivity contribution in [1.82, 2.24) is 4.57 Å². The van der Waals surface area contributed by atoms with Crippen LogP contribution in [-0.2, 0) is 11.3 Å². The Labute approximate surface area is 121 Å². The van der Waals surface area contributed by atoms with Gasteiger partial charge in [-0.2, -0.15) is 0 Å². The fourth-order valence-electron chi connectivity index (χ4n) is 1.81. The molecule has 0 saturated carbocycles. The number of nitrogens with zero attached hydrogens (tertiary/aromatic N) is 1. The van der Waals surface area contributed by atoms with Crippen LogP contribution in [0, 0.1) is 0 Å². The Morgan fingerprint density at radius 1 is 1.19 bits per heavy atom. The maximum absolute atomic E-state index is 11.7. The largest absolute Gasteiger partial charge is 0.497 e. The van der Waals surface area contributed by atoms with Crippen molar-refractivity contribution in [3.05, 3.63) is 64.1 Å². The molecule has 2 aromatic rings. The van der Waals surface area contributed by atoms with Gasteiger partial charge in [-0.05, 0) is 29.3 Å². The van der Waals surface area contributed by atoms with Gasteiger partial charge in [0.2, 0.25) is 0 Å². The summed E-state index contributed by atoms with van der Waals surface area (Å²) in [6.07, 6.45) is 5.15. The van der Waals surface area contributed by atoms with E-state index in [-0.39, 0.29) is 12.1 Å². The van der Waals surface area contributed by atoms with Crippen molar-refractivity contribution in [1.29, 1.82) is 0 Å². The lowest BCUT2D eigenvalue weighted by Crippen LogP contribution is -2.22. The number of aromatic nitrogens is 1. The molecule has 1 heterocycles. The molecule has 1 aromatic carbocycles.